The molecule has 1 amide bonds. The lowest BCUT2D eigenvalue weighted by molar-refractivity contribution is -0.146. The minimum absolute atomic E-state index is 0.0427. The van der Waals surface area contributed by atoms with Gasteiger partial charge in [-0.3, -0.25) is 9.59 Å². The maximum atomic E-state index is 11.9. The molecule has 1 aliphatic rings. The number of ether oxygens (including phenoxy) is 3. The van der Waals surface area contributed by atoms with E-state index in [1.54, 1.807) is 42.5 Å². The number of carbonyl (C=O) groups is 2. The minimum Gasteiger partial charge on any atom is -0.486 e. The second kappa shape index (κ2) is 7.90. The molecule has 0 spiro atoms. The number of rotatable bonds is 5. The van der Waals surface area contributed by atoms with Crippen molar-refractivity contribution in [2.24, 2.45) is 0 Å². The van der Waals surface area contributed by atoms with Crippen LogP contribution in [0.4, 0.5) is 5.69 Å². The Hall–Kier alpha value is -2.73. The summed E-state index contributed by atoms with van der Waals surface area (Å²) in [6, 6.07) is 12.0. The first-order chi connectivity index (χ1) is 12.1. The molecule has 0 aromatic heterocycles. The Balaban J connectivity index is 1.48. The molecule has 0 aliphatic carbocycles. The van der Waals surface area contributed by atoms with Crippen LogP contribution in [0.1, 0.15) is 5.56 Å². The first-order valence-corrected chi connectivity index (χ1v) is 8.07. The van der Waals surface area contributed by atoms with Gasteiger partial charge < -0.3 is 19.5 Å². The molecular formula is C18H16ClNO5. The highest BCUT2D eigenvalue weighted by Gasteiger charge is 2.14. The van der Waals surface area contributed by atoms with E-state index in [9.17, 15) is 9.59 Å². The monoisotopic (exact) mass is 361 g/mol. The van der Waals surface area contributed by atoms with Crippen LogP contribution in [0, 0.1) is 0 Å². The Kier molecular flexibility index (Phi) is 5.40. The fraction of sp³-hybridized carbons (Fsp3) is 0.222. The summed E-state index contributed by atoms with van der Waals surface area (Å²) in [4.78, 5) is 23.7. The van der Waals surface area contributed by atoms with Crippen LogP contribution in [0.2, 0.25) is 5.02 Å². The van der Waals surface area contributed by atoms with Gasteiger partial charge in [0.15, 0.2) is 18.1 Å². The molecule has 1 aliphatic heterocycles. The molecule has 0 bridgehead atoms. The average molecular weight is 362 g/mol. The number of halogens is 1. The fourth-order valence-corrected chi connectivity index (χ4v) is 2.52. The first-order valence-electron chi connectivity index (χ1n) is 7.70. The average Bonchev–Trinajstić information content (AvgIpc) is 2.60. The summed E-state index contributed by atoms with van der Waals surface area (Å²) >= 11 is 5.84. The van der Waals surface area contributed by atoms with E-state index in [0.717, 1.165) is 5.56 Å². The number of esters is 1. The predicted molar refractivity (Wildman–Crippen MR) is 92.2 cm³/mol. The fourth-order valence-electron chi connectivity index (χ4n) is 2.32. The van der Waals surface area contributed by atoms with Crippen molar-refractivity contribution in [3.8, 4) is 11.5 Å². The number of carbonyl (C=O) groups excluding carboxylic acids is 2. The van der Waals surface area contributed by atoms with E-state index in [1.807, 2.05) is 0 Å². The molecule has 0 radical (unpaired) electrons. The third-order valence-electron chi connectivity index (χ3n) is 3.43. The Morgan fingerprint density at radius 3 is 2.68 bits per heavy atom. The summed E-state index contributed by atoms with van der Waals surface area (Å²) in [6.07, 6.45) is 0.0427. The van der Waals surface area contributed by atoms with E-state index in [1.165, 1.54) is 0 Å². The molecule has 0 unspecified atom stereocenters. The van der Waals surface area contributed by atoms with Gasteiger partial charge in [-0.15, -0.1) is 0 Å². The van der Waals surface area contributed by atoms with E-state index in [2.05, 4.69) is 5.32 Å². The summed E-state index contributed by atoms with van der Waals surface area (Å²) in [5.74, 6) is 0.329. The highest BCUT2D eigenvalue weighted by Crippen LogP contribution is 2.30. The maximum absolute atomic E-state index is 11.9. The number of benzene rings is 2. The number of hydrogen-bond donors (Lipinski definition) is 1. The molecular weight excluding hydrogens is 346 g/mol. The quantitative estimate of drug-likeness (QED) is 0.829. The zero-order chi connectivity index (χ0) is 17.6. The molecule has 25 heavy (non-hydrogen) atoms. The van der Waals surface area contributed by atoms with Gasteiger partial charge in [0.2, 0.25) is 0 Å². The molecule has 3 rings (SSSR count). The largest absolute Gasteiger partial charge is 0.486 e. The highest BCUT2D eigenvalue weighted by atomic mass is 35.5. The van der Waals surface area contributed by atoms with Gasteiger partial charge >= 0.3 is 5.97 Å². The van der Waals surface area contributed by atoms with Crippen LogP contribution in [0.5, 0.6) is 11.5 Å². The van der Waals surface area contributed by atoms with Crippen molar-refractivity contribution in [3.05, 3.63) is 53.1 Å². The topological polar surface area (TPSA) is 73.9 Å². The summed E-state index contributed by atoms with van der Waals surface area (Å²) in [7, 11) is 0. The zero-order valence-electron chi connectivity index (χ0n) is 13.3. The van der Waals surface area contributed by atoms with Crippen LogP contribution < -0.4 is 14.8 Å². The second-order valence-electron chi connectivity index (χ2n) is 5.37. The predicted octanol–water partition coefficient (Wildman–Crippen LogP) is 2.84. The Morgan fingerprint density at radius 2 is 1.88 bits per heavy atom. The zero-order valence-corrected chi connectivity index (χ0v) is 14.0. The summed E-state index contributed by atoms with van der Waals surface area (Å²) in [6.45, 7) is 0.622. The number of anilines is 1. The summed E-state index contributed by atoms with van der Waals surface area (Å²) in [5, 5.41) is 3.11. The van der Waals surface area contributed by atoms with Gasteiger partial charge in [0.1, 0.15) is 13.2 Å². The molecule has 7 heteroatoms. The van der Waals surface area contributed by atoms with E-state index in [4.69, 9.17) is 25.8 Å². The minimum atomic E-state index is -0.502. The van der Waals surface area contributed by atoms with E-state index < -0.39 is 11.9 Å². The molecule has 1 heterocycles. The molecule has 0 atom stereocenters. The Morgan fingerprint density at radius 1 is 1.08 bits per heavy atom. The molecule has 130 valence electrons. The summed E-state index contributed by atoms with van der Waals surface area (Å²) < 4.78 is 15.9. The van der Waals surface area contributed by atoms with Gasteiger partial charge in [0.25, 0.3) is 5.91 Å². The standard InChI is InChI=1S/C18H16ClNO5/c19-13-2-1-3-14(10-13)20-17(21)11-25-18(22)9-12-4-5-15-16(8-12)24-7-6-23-15/h1-5,8,10H,6-7,9,11H2,(H,20,21). The van der Waals surface area contributed by atoms with Crippen LogP contribution in [0.25, 0.3) is 0 Å². The number of hydrogen-bond acceptors (Lipinski definition) is 5. The van der Waals surface area contributed by atoms with Crippen LogP contribution in [-0.4, -0.2) is 31.7 Å². The molecule has 0 fully saturated rings. The van der Waals surface area contributed by atoms with Crippen molar-refractivity contribution in [1.82, 2.24) is 0 Å². The van der Waals surface area contributed by atoms with Gasteiger partial charge in [-0.05, 0) is 35.9 Å². The number of nitrogens with one attached hydrogen (secondary N) is 1. The van der Waals surface area contributed by atoms with Crippen LogP contribution >= 0.6 is 11.6 Å². The summed E-state index contributed by atoms with van der Waals surface area (Å²) in [5.41, 5.74) is 1.27. The van der Waals surface area contributed by atoms with Crippen molar-refractivity contribution in [3.63, 3.8) is 0 Å². The lowest BCUT2D eigenvalue weighted by Crippen LogP contribution is -2.21. The van der Waals surface area contributed by atoms with E-state index >= 15 is 0 Å². The normalized spacial score (nSPS) is 12.4. The third kappa shape index (κ3) is 4.87. The highest BCUT2D eigenvalue weighted by molar-refractivity contribution is 6.30. The van der Waals surface area contributed by atoms with Gasteiger partial charge in [-0.1, -0.05) is 23.7 Å². The van der Waals surface area contributed by atoms with Crippen LogP contribution in [-0.2, 0) is 20.7 Å². The van der Waals surface area contributed by atoms with Crippen molar-refractivity contribution < 1.29 is 23.8 Å². The first kappa shape index (κ1) is 17.1. The Bertz CT molecular complexity index is 793. The van der Waals surface area contributed by atoms with E-state index in [-0.39, 0.29) is 13.0 Å². The molecule has 2 aromatic carbocycles. The SMILES string of the molecule is O=C(COC(=O)Cc1ccc2c(c1)OCCO2)Nc1cccc(Cl)c1. The molecule has 2 aromatic rings. The van der Waals surface area contributed by atoms with Crippen LogP contribution in [0.15, 0.2) is 42.5 Å². The van der Waals surface area contributed by atoms with Gasteiger partial charge in [-0.2, -0.15) is 0 Å². The lowest BCUT2D eigenvalue weighted by Gasteiger charge is -2.18. The number of fused-ring (bicyclic) bond motifs is 1. The molecule has 6 nitrogen and oxygen atoms in total. The van der Waals surface area contributed by atoms with Gasteiger partial charge in [0.05, 0.1) is 6.42 Å². The van der Waals surface area contributed by atoms with Gasteiger partial charge in [0, 0.05) is 10.7 Å². The lowest BCUT2D eigenvalue weighted by atomic mass is 10.1. The van der Waals surface area contributed by atoms with Crippen molar-refractivity contribution in [2.45, 2.75) is 6.42 Å². The molecule has 0 saturated carbocycles. The third-order valence-corrected chi connectivity index (χ3v) is 3.66. The maximum Gasteiger partial charge on any atom is 0.310 e. The van der Waals surface area contributed by atoms with Gasteiger partial charge in [-0.25, -0.2) is 0 Å². The van der Waals surface area contributed by atoms with E-state index in [0.29, 0.717) is 35.4 Å². The second-order valence-corrected chi connectivity index (χ2v) is 5.81. The number of amides is 1. The van der Waals surface area contributed by atoms with Crippen molar-refractivity contribution in [1.29, 1.82) is 0 Å². The smallest absolute Gasteiger partial charge is 0.310 e. The molecule has 0 saturated heterocycles. The van der Waals surface area contributed by atoms with Crippen molar-refractivity contribution in [2.75, 3.05) is 25.1 Å². The van der Waals surface area contributed by atoms with Crippen LogP contribution in [0.3, 0.4) is 0 Å². The van der Waals surface area contributed by atoms with Crippen molar-refractivity contribution >= 4 is 29.2 Å². The molecule has 1 N–H and O–H groups in total. The Labute approximate surface area is 149 Å².